The van der Waals surface area contributed by atoms with Crippen molar-refractivity contribution in [1.29, 1.82) is 0 Å². The van der Waals surface area contributed by atoms with E-state index >= 15 is 0 Å². The van der Waals surface area contributed by atoms with Crippen molar-refractivity contribution in [2.45, 2.75) is 13.5 Å². The summed E-state index contributed by atoms with van der Waals surface area (Å²) in [6.45, 7) is 2.74. The normalized spacial score (nSPS) is 12.1. The minimum atomic E-state index is -0.799. The zero-order valence-electron chi connectivity index (χ0n) is 13.2. The van der Waals surface area contributed by atoms with E-state index in [-0.39, 0.29) is 0 Å². The highest BCUT2D eigenvalue weighted by molar-refractivity contribution is 5.69. The number of carboxylic acids is 1. The van der Waals surface area contributed by atoms with Gasteiger partial charge in [0.2, 0.25) is 5.75 Å². The topological polar surface area (TPSA) is 68.2 Å². The van der Waals surface area contributed by atoms with E-state index in [1.54, 1.807) is 28.3 Å². The summed E-state index contributed by atoms with van der Waals surface area (Å²) in [5.41, 5.74) is 0.963. The SMILES string of the molecule is COc1cc(CN(C)CC(C)C(=O)O)cc(OC)c1OC. The van der Waals surface area contributed by atoms with Gasteiger partial charge in [-0.25, -0.2) is 0 Å². The van der Waals surface area contributed by atoms with Crippen molar-refractivity contribution < 1.29 is 24.1 Å². The Bertz CT molecular complexity index is 464. The number of nitrogens with zero attached hydrogens (tertiary/aromatic N) is 1. The van der Waals surface area contributed by atoms with Crippen LogP contribution in [-0.2, 0) is 11.3 Å². The molecule has 0 heterocycles. The molecular formula is C15H23NO5. The first kappa shape index (κ1) is 17.1. The lowest BCUT2D eigenvalue weighted by atomic mass is 10.1. The maximum absolute atomic E-state index is 10.9. The fraction of sp³-hybridized carbons (Fsp3) is 0.533. The van der Waals surface area contributed by atoms with Crippen molar-refractivity contribution in [3.63, 3.8) is 0 Å². The van der Waals surface area contributed by atoms with Crippen molar-refractivity contribution in [1.82, 2.24) is 4.90 Å². The lowest BCUT2D eigenvalue weighted by molar-refractivity contribution is -0.141. The summed E-state index contributed by atoms with van der Waals surface area (Å²) >= 11 is 0. The lowest BCUT2D eigenvalue weighted by Crippen LogP contribution is -2.28. The molecule has 0 spiro atoms. The number of hydrogen-bond acceptors (Lipinski definition) is 5. The van der Waals surface area contributed by atoms with Crippen LogP contribution in [0.3, 0.4) is 0 Å². The molecule has 0 aliphatic heterocycles. The largest absolute Gasteiger partial charge is 0.493 e. The molecule has 0 aromatic heterocycles. The molecule has 0 saturated carbocycles. The summed E-state index contributed by atoms with van der Waals surface area (Å²) in [7, 11) is 6.57. The van der Waals surface area contributed by atoms with Crippen molar-refractivity contribution in [3.05, 3.63) is 17.7 Å². The molecular weight excluding hydrogens is 274 g/mol. The van der Waals surface area contributed by atoms with E-state index in [4.69, 9.17) is 19.3 Å². The van der Waals surface area contributed by atoms with Crippen LogP contribution in [0.5, 0.6) is 17.2 Å². The van der Waals surface area contributed by atoms with E-state index < -0.39 is 11.9 Å². The highest BCUT2D eigenvalue weighted by Gasteiger charge is 2.16. The Morgan fingerprint density at radius 1 is 1.19 bits per heavy atom. The van der Waals surface area contributed by atoms with Gasteiger partial charge in [0.1, 0.15) is 0 Å². The van der Waals surface area contributed by atoms with Crippen LogP contribution in [0.1, 0.15) is 12.5 Å². The van der Waals surface area contributed by atoms with Crippen LogP contribution in [0.2, 0.25) is 0 Å². The fourth-order valence-corrected chi connectivity index (χ4v) is 2.15. The third-order valence-electron chi connectivity index (χ3n) is 3.18. The zero-order chi connectivity index (χ0) is 16.0. The summed E-state index contributed by atoms with van der Waals surface area (Å²) in [5, 5.41) is 8.95. The number of methoxy groups -OCH3 is 3. The molecule has 1 rings (SSSR count). The van der Waals surface area contributed by atoms with Gasteiger partial charge >= 0.3 is 5.97 Å². The van der Waals surface area contributed by atoms with Crippen LogP contribution in [-0.4, -0.2) is 50.9 Å². The van der Waals surface area contributed by atoms with E-state index in [0.717, 1.165) is 5.56 Å². The monoisotopic (exact) mass is 297 g/mol. The molecule has 6 nitrogen and oxygen atoms in total. The molecule has 0 bridgehead atoms. The minimum Gasteiger partial charge on any atom is -0.493 e. The van der Waals surface area contributed by atoms with E-state index in [1.807, 2.05) is 24.1 Å². The van der Waals surface area contributed by atoms with Crippen LogP contribution in [0, 0.1) is 5.92 Å². The molecule has 1 unspecified atom stereocenters. The molecule has 0 amide bonds. The second kappa shape index (κ2) is 7.73. The molecule has 21 heavy (non-hydrogen) atoms. The number of aliphatic carboxylic acids is 1. The molecule has 1 aromatic carbocycles. The summed E-state index contributed by atoms with van der Waals surface area (Å²) in [4.78, 5) is 12.8. The lowest BCUT2D eigenvalue weighted by Gasteiger charge is -2.20. The van der Waals surface area contributed by atoms with Gasteiger partial charge in [-0.3, -0.25) is 4.79 Å². The molecule has 0 saturated heterocycles. The highest BCUT2D eigenvalue weighted by atomic mass is 16.5. The van der Waals surface area contributed by atoms with Gasteiger partial charge in [0.15, 0.2) is 11.5 Å². The molecule has 1 aromatic rings. The molecule has 118 valence electrons. The van der Waals surface area contributed by atoms with Crippen molar-refractivity contribution >= 4 is 5.97 Å². The van der Waals surface area contributed by atoms with E-state index in [2.05, 4.69) is 0 Å². The Hall–Kier alpha value is -1.95. The smallest absolute Gasteiger partial charge is 0.307 e. The third-order valence-corrected chi connectivity index (χ3v) is 3.18. The maximum Gasteiger partial charge on any atom is 0.307 e. The second-order valence-electron chi connectivity index (χ2n) is 4.97. The Kier molecular flexibility index (Phi) is 6.30. The zero-order valence-corrected chi connectivity index (χ0v) is 13.2. The number of hydrogen-bond donors (Lipinski definition) is 1. The predicted molar refractivity (Wildman–Crippen MR) is 79.2 cm³/mol. The molecule has 0 radical (unpaired) electrons. The predicted octanol–water partition coefficient (Wildman–Crippen LogP) is 1.86. The van der Waals surface area contributed by atoms with Crippen LogP contribution in [0.4, 0.5) is 0 Å². The first-order valence-electron chi connectivity index (χ1n) is 6.63. The van der Waals surface area contributed by atoms with E-state index in [9.17, 15) is 4.79 Å². The summed E-state index contributed by atoms with van der Waals surface area (Å²) < 4.78 is 15.9. The molecule has 0 aliphatic carbocycles. The Balaban J connectivity index is 2.90. The maximum atomic E-state index is 10.9. The average Bonchev–Trinajstić information content (AvgIpc) is 2.45. The van der Waals surface area contributed by atoms with Gasteiger partial charge in [0.25, 0.3) is 0 Å². The van der Waals surface area contributed by atoms with Crippen molar-refractivity contribution in [2.24, 2.45) is 5.92 Å². The number of benzene rings is 1. The fourth-order valence-electron chi connectivity index (χ4n) is 2.15. The number of carbonyl (C=O) groups is 1. The Morgan fingerprint density at radius 2 is 1.71 bits per heavy atom. The number of ether oxygens (including phenoxy) is 3. The second-order valence-corrected chi connectivity index (χ2v) is 4.97. The molecule has 1 N–H and O–H groups in total. The van der Waals surface area contributed by atoms with Crippen LogP contribution in [0.15, 0.2) is 12.1 Å². The number of carboxylic acid groups (broad SMARTS) is 1. The number of rotatable bonds is 8. The Morgan fingerprint density at radius 3 is 2.10 bits per heavy atom. The molecule has 1 atom stereocenters. The van der Waals surface area contributed by atoms with Gasteiger partial charge < -0.3 is 24.2 Å². The van der Waals surface area contributed by atoms with E-state index in [0.29, 0.717) is 30.3 Å². The van der Waals surface area contributed by atoms with E-state index in [1.165, 1.54) is 0 Å². The molecule has 0 fully saturated rings. The molecule has 0 aliphatic rings. The first-order chi connectivity index (χ1) is 9.92. The molecule has 6 heteroatoms. The van der Waals surface area contributed by atoms with Crippen molar-refractivity contribution in [3.8, 4) is 17.2 Å². The van der Waals surface area contributed by atoms with Gasteiger partial charge in [0, 0.05) is 13.1 Å². The van der Waals surface area contributed by atoms with Gasteiger partial charge in [-0.2, -0.15) is 0 Å². The summed E-state index contributed by atoms with van der Waals surface area (Å²) in [6, 6.07) is 3.73. The van der Waals surface area contributed by atoms with Crippen LogP contribution in [0.25, 0.3) is 0 Å². The van der Waals surface area contributed by atoms with Gasteiger partial charge in [-0.1, -0.05) is 6.92 Å². The summed E-state index contributed by atoms with van der Waals surface area (Å²) in [5.74, 6) is 0.507. The highest BCUT2D eigenvalue weighted by Crippen LogP contribution is 2.38. The first-order valence-corrected chi connectivity index (χ1v) is 6.63. The van der Waals surface area contributed by atoms with Crippen LogP contribution < -0.4 is 14.2 Å². The Labute approximate surface area is 125 Å². The minimum absolute atomic E-state index is 0.419. The average molecular weight is 297 g/mol. The standard InChI is InChI=1S/C15H23NO5/c1-10(15(17)18)8-16(2)9-11-6-12(19-3)14(21-5)13(7-11)20-4/h6-7,10H,8-9H2,1-5H3,(H,17,18). The van der Waals surface area contributed by atoms with Gasteiger partial charge in [-0.05, 0) is 24.7 Å². The quantitative estimate of drug-likeness (QED) is 0.790. The third kappa shape index (κ3) is 4.53. The van der Waals surface area contributed by atoms with Crippen LogP contribution >= 0.6 is 0 Å². The van der Waals surface area contributed by atoms with Crippen molar-refractivity contribution in [2.75, 3.05) is 34.9 Å². The summed E-state index contributed by atoms with van der Waals surface area (Å²) in [6.07, 6.45) is 0. The van der Waals surface area contributed by atoms with Gasteiger partial charge in [0.05, 0.1) is 27.2 Å². The van der Waals surface area contributed by atoms with Gasteiger partial charge in [-0.15, -0.1) is 0 Å².